The number of hydrogen-bond acceptors (Lipinski definition) is 0. The Hall–Kier alpha value is -0.780. The summed E-state index contributed by atoms with van der Waals surface area (Å²) in [7, 11) is 0. The van der Waals surface area contributed by atoms with Crippen LogP contribution < -0.4 is 0 Å². The van der Waals surface area contributed by atoms with Gasteiger partial charge in [0.1, 0.15) is 0 Å². The van der Waals surface area contributed by atoms with Crippen molar-refractivity contribution in [2.24, 2.45) is 5.92 Å². The van der Waals surface area contributed by atoms with Crippen molar-refractivity contribution in [3.63, 3.8) is 0 Å². The average molecular weight is 150 g/mol. The van der Waals surface area contributed by atoms with Crippen LogP contribution in [0.1, 0.15) is 27.2 Å². The van der Waals surface area contributed by atoms with Gasteiger partial charge in [0.25, 0.3) is 0 Å². The van der Waals surface area contributed by atoms with Crippen molar-refractivity contribution < 1.29 is 0 Å². The highest BCUT2D eigenvalue weighted by molar-refractivity contribution is 5.15. The van der Waals surface area contributed by atoms with Gasteiger partial charge in [-0.3, -0.25) is 0 Å². The maximum Gasteiger partial charge on any atom is -0.0162 e. The zero-order chi connectivity index (χ0) is 8.85. The molecule has 0 aromatic rings. The van der Waals surface area contributed by atoms with Gasteiger partial charge in [0.05, 0.1) is 0 Å². The smallest absolute Gasteiger partial charge is 0.0162 e. The minimum absolute atomic E-state index is 0.530. The predicted molar refractivity (Wildman–Crippen MR) is 52.5 cm³/mol. The summed E-state index contributed by atoms with van der Waals surface area (Å²) in [5.41, 5.74) is 2.50. The van der Waals surface area contributed by atoms with E-state index in [1.165, 1.54) is 5.57 Å². The first-order valence-corrected chi connectivity index (χ1v) is 4.02. The fourth-order valence-corrected chi connectivity index (χ4v) is 0.765. The highest BCUT2D eigenvalue weighted by Crippen LogP contribution is 2.14. The second kappa shape index (κ2) is 4.95. The lowest BCUT2D eigenvalue weighted by atomic mass is 9.98. The van der Waals surface area contributed by atoms with Crippen LogP contribution in [0.4, 0.5) is 0 Å². The van der Waals surface area contributed by atoms with Crippen molar-refractivity contribution in [2.45, 2.75) is 27.2 Å². The number of rotatable bonds is 4. The topological polar surface area (TPSA) is 0 Å². The molecule has 0 aliphatic carbocycles. The quantitative estimate of drug-likeness (QED) is 0.423. The molecular weight excluding hydrogens is 132 g/mol. The molecule has 0 aliphatic heterocycles. The molecule has 0 aliphatic rings. The molecule has 0 aromatic carbocycles. The molecule has 0 fully saturated rings. The second-order valence-corrected chi connectivity index (χ2v) is 3.20. The maximum atomic E-state index is 3.90. The maximum absolute atomic E-state index is 3.90. The summed E-state index contributed by atoms with van der Waals surface area (Å²) < 4.78 is 0. The van der Waals surface area contributed by atoms with E-state index >= 15 is 0 Å². The Bertz CT molecular complexity index is 168. The van der Waals surface area contributed by atoms with Crippen LogP contribution in [0.25, 0.3) is 0 Å². The minimum atomic E-state index is 0.530. The van der Waals surface area contributed by atoms with Crippen molar-refractivity contribution in [2.75, 3.05) is 0 Å². The number of hydrogen-bond donors (Lipinski definition) is 0. The fraction of sp³-hybridized carbons (Fsp3) is 0.455. The van der Waals surface area contributed by atoms with Crippen molar-refractivity contribution in [1.82, 2.24) is 0 Å². The highest BCUT2D eigenvalue weighted by Gasteiger charge is 1.99. The molecular formula is C11H18. The first-order valence-electron chi connectivity index (χ1n) is 4.02. The van der Waals surface area contributed by atoms with Crippen LogP contribution >= 0.6 is 0 Å². The SMILES string of the molecule is C=CC(=C)C(C)CC=C(C)C. The molecule has 0 rings (SSSR count). The van der Waals surface area contributed by atoms with Crippen molar-refractivity contribution in [3.8, 4) is 0 Å². The molecule has 0 nitrogen and oxygen atoms in total. The summed E-state index contributed by atoms with van der Waals surface area (Å²) in [4.78, 5) is 0. The van der Waals surface area contributed by atoms with Crippen LogP contribution in [-0.2, 0) is 0 Å². The van der Waals surface area contributed by atoms with Gasteiger partial charge in [0, 0.05) is 0 Å². The summed E-state index contributed by atoms with van der Waals surface area (Å²) in [6, 6.07) is 0. The zero-order valence-electron chi connectivity index (χ0n) is 7.85. The van der Waals surface area contributed by atoms with E-state index in [2.05, 4.69) is 40.0 Å². The van der Waals surface area contributed by atoms with E-state index in [1.54, 1.807) is 0 Å². The third-order valence-electron chi connectivity index (χ3n) is 1.77. The van der Waals surface area contributed by atoms with Gasteiger partial charge in [0.2, 0.25) is 0 Å². The Morgan fingerprint density at radius 2 is 2.00 bits per heavy atom. The van der Waals surface area contributed by atoms with Crippen LogP contribution in [0, 0.1) is 5.92 Å². The van der Waals surface area contributed by atoms with Crippen LogP contribution in [0.5, 0.6) is 0 Å². The largest absolute Gasteiger partial charge is 0.0988 e. The summed E-state index contributed by atoms with van der Waals surface area (Å²) in [5, 5.41) is 0. The van der Waals surface area contributed by atoms with Crippen LogP contribution in [0.3, 0.4) is 0 Å². The Labute approximate surface area is 70.3 Å². The molecule has 62 valence electrons. The molecule has 0 saturated heterocycles. The van der Waals surface area contributed by atoms with Gasteiger partial charge in [-0.05, 0) is 26.2 Å². The zero-order valence-corrected chi connectivity index (χ0v) is 7.85. The third kappa shape index (κ3) is 4.60. The van der Waals surface area contributed by atoms with Crippen molar-refractivity contribution in [1.29, 1.82) is 0 Å². The van der Waals surface area contributed by atoms with Crippen LogP contribution in [-0.4, -0.2) is 0 Å². The normalized spacial score (nSPS) is 11.9. The number of allylic oxidation sites excluding steroid dienone is 4. The first-order chi connectivity index (χ1) is 5.07. The molecule has 0 amide bonds. The van der Waals surface area contributed by atoms with Crippen LogP contribution in [0.15, 0.2) is 36.5 Å². The summed E-state index contributed by atoms with van der Waals surface area (Å²) >= 11 is 0. The Balaban J connectivity index is 3.87. The van der Waals surface area contributed by atoms with E-state index in [4.69, 9.17) is 0 Å². The van der Waals surface area contributed by atoms with Crippen LogP contribution in [0.2, 0.25) is 0 Å². The minimum Gasteiger partial charge on any atom is -0.0988 e. The highest BCUT2D eigenvalue weighted by atomic mass is 14.0. The average Bonchev–Trinajstić information content (AvgIpc) is 1.98. The third-order valence-corrected chi connectivity index (χ3v) is 1.77. The molecule has 0 aromatic heterocycles. The van der Waals surface area contributed by atoms with Crippen molar-refractivity contribution >= 4 is 0 Å². The van der Waals surface area contributed by atoms with Crippen molar-refractivity contribution in [3.05, 3.63) is 36.5 Å². The molecule has 0 N–H and O–H groups in total. The van der Waals surface area contributed by atoms with Gasteiger partial charge in [-0.15, -0.1) is 0 Å². The lowest BCUT2D eigenvalue weighted by molar-refractivity contribution is 0.712. The molecule has 0 spiro atoms. The summed E-state index contributed by atoms with van der Waals surface area (Å²) in [6.07, 6.45) is 5.15. The van der Waals surface area contributed by atoms with E-state index in [-0.39, 0.29) is 0 Å². The van der Waals surface area contributed by atoms with Gasteiger partial charge < -0.3 is 0 Å². The van der Waals surface area contributed by atoms with E-state index in [9.17, 15) is 0 Å². The lowest BCUT2D eigenvalue weighted by Crippen LogP contribution is -1.93. The monoisotopic (exact) mass is 150 g/mol. The first kappa shape index (κ1) is 10.2. The Morgan fingerprint density at radius 1 is 1.45 bits per heavy atom. The van der Waals surface area contributed by atoms with Gasteiger partial charge in [-0.2, -0.15) is 0 Å². The lowest BCUT2D eigenvalue weighted by Gasteiger charge is -2.07. The summed E-state index contributed by atoms with van der Waals surface area (Å²) in [6.45, 7) is 14.0. The molecule has 0 bridgehead atoms. The van der Waals surface area contributed by atoms with Gasteiger partial charge in [0.15, 0.2) is 0 Å². The van der Waals surface area contributed by atoms with Gasteiger partial charge in [-0.25, -0.2) is 0 Å². The molecule has 0 heteroatoms. The predicted octanol–water partition coefficient (Wildman–Crippen LogP) is 3.72. The van der Waals surface area contributed by atoms with Gasteiger partial charge in [-0.1, -0.05) is 43.4 Å². The van der Waals surface area contributed by atoms with E-state index in [0.717, 1.165) is 12.0 Å². The summed E-state index contributed by atoms with van der Waals surface area (Å²) in [5.74, 6) is 0.530. The standard InChI is InChI=1S/C11H18/c1-6-10(4)11(5)8-7-9(2)3/h6-7,11H,1,4,8H2,2-3,5H3. The molecule has 0 saturated carbocycles. The molecule has 0 heterocycles. The molecule has 1 atom stereocenters. The van der Waals surface area contributed by atoms with E-state index in [1.807, 2.05) is 6.08 Å². The molecule has 0 radical (unpaired) electrons. The second-order valence-electron chi connectivity index (χ2n) is 3.20. The van der Waals surface area contributed by atoms with E-state index in [0.29, 0.717) is 5.92 Å². The Morgan fingerprint density at radius 3 is 2.36 bits per heavy atom. The molecule has 11 heavy (non-hydrogen) atoms. The van der Waals surface area contributed by atoms with E-state index < -0.39 is 0 Å². The fourth-order valence-electron chi connectivity index (χ4n) is 0.765. The Kier molecular flexibility index (Phi) is 4.60. The molecule has 1 unspecified atom stereocenters. The van der Waals surface area contributed by atoms with Gasteiger partial charge >= 0.3 is 0 Å².